The summed E-state index contributed by atoms with van der Waals surface area (Å²) >= 11 is 0. The number of hydrogen-bond donors (Lipinski definition) is 3. The van der Waals surface area contributed by atoms with Crippen LogP contribution >= 0.6 is 0 Å². The summed E-state index contributed by atoms with van der Waals surface area (Å²) in [5.41, 5.74) is 13.3. The van der Waals surface area contributed by atoms with Gasteiger partial charge in [-0.05, 0) is 48.5 Å². The number of carbonyl (C=O) groups is 1. The van der Waals surface area contributed by atoms with Crippen LogP contribution in [0.3, 0.4) is 0 Å². The second-order valence-corrected chi connectivity index (χ2v) is 14.1. The van der Waals surface area contributed by atoms with Gasteiger partial charge in [-0.15, -0.1) is 0 Å². The first kappa shape index (κ1) is 43.3. The number of anilines is 4. The third-order valence-corrected chi connectivity index (χ3v) is 10.2. The normalized spacial score (nSPS) is 14.6. The van der Waals surface area contributed by atoms with Gasteiger partial charge in [0, 0.05) is 75.1 Å². The molecule has 326 valence electrons. The Morgan fingerprint density at radius 3 is 1.51 bits per heavy atom. The summed E-state index contributed by atoms with van der Waals surface area (Å²) in [5, 5.41) is 13.0. The fourth-order valence-electron chi connectivity index (χ4n) is 6.73. The Hall–Kier alpha value is -7.84. The maximum Gasteiger partial charge on any atom is 0.318 e. The second kappa shape index (κ2) is 20.1. The van der Waals surface area contributed by atoms with Crippen molar-refractivity contribution in [3.8, 4) is 23.5 Å². The fraction of sp³-hybridized carbons (Fsp3) is 0.286. The zero-order valence-corrected chi connectivity index (χ0v) is 34.2. The number of methoxy groups -OCH3 is 2. The molecule has 2 aromatic carbocycles. The van der Waals surface area contributed by atoms with E-state index >= 15 is 0 Å². The van der Waals surface area contributed by atoms with Crippen LogP contribution in [-0.2, 0) is 0 Å². The molecule has 0 bridgehead atoms. The Balaban J connectivity index is 0.000000189. The number of rotatable bonds is 12. The molecular weight excluding hydrogens is 821 g/mol. The van der Waals surface area contributed by atoms with Gasteiger partial charge in [-0.25, -0.2) is 38.7 Å². The number of ether oxygens (including phenoxy) is 4. The van der Waals surface area contributed by atoms with Gasteiger partial charge in [-0.1, -0.05) is 5.16 Å². The quantitative estimate of drug-likeness (QED) is 0.0661. The molecule has 0 amide bonds. The van der Waals surface area contributed by atoms with E-state index in [1.807, 2.05) is 0 Å². The van der Waals surface area contributed by atoms with Crippen molar-refractivity contribution < 1.29 is 37.7 Å². The summed E-state index contributed by atoms with van der Waals surface area (Å²) < 4.78 is 48.2. The Labute approximate surface area is 359 Å². The van der Waals surface area contributed by atoms with Crippen LogP contribution in [0.5, 0.6) is 23.5 Å². The lowest BCUT2D eigenvalue weighted by Crippen LogP contribution is -2.39. The minimum Gasteiger partial charge on any atom is -0.497 e. The topological polar surface area (TPSA) is 248 Å². The lowest BCUT2D eigenvalue weighted by Gasteiger charge is -2.32. The average Bonchev–Trinajstić information content (AvgIpc) is 3.32. The van der Waals surface area contributed by atoms with Gasteiger partial charge < -0.3 is 45.4 Å². The van der Waals surface area contributed by atoms with E-state index in [1.165, 1.54) is 12.7 Å². The lowest BCUT2D eigenvalue weighted by atomic mass is 10.1. The number of nitrogens with zero attached hydrogens (tertiary/aromatic N) is 11. The van der Waals surface area contributed by atoms with Crippen molar-refractivity contribution in [2.24, 2.45) is 5.16 Å². The van der Waals surface area contributed by atoms with Crippen LogP contribution in [0, 0.1) is 11.6 Å². The molecule has 2 aliphatic heterocycles. The average molecular weight is 864 g/mol. The lowest BCUT2D eigenvalue weighted by molar-refractivity contribution is 0.103. The summed E-state index contributed by atoms with van der Waals surface area (Å²) in [6, 6.07) is 17.6. The minimum absolute atomic E-state index is 0.0618. The van der Waals surface area contributed by atoms with E-state index in [4.69, 9.17) is 30.4 Å². The van der Waals surface area contributed by atoms with E-state index < -0.39 is 11.6 Å². The molecule has 2 saturated heterocycles. The highest BCUT2D eigenvalue weighted by atomic mass is 19.1. The number of nitrogens with two attached hydrogens (primary N) is 2. The van der Waals surface area contributed by atoms with Crippen LogP contribution in [-0.4, -0.2) is 109 Å². The number of aromatic nitrogens is 8. The monoisotopic (exact) mass is 863 g/mol. The van der Waals surface area contributed by atoms with Crippen molar-refractivity contribution in [1.82, 2.24) is 39.9 Å². The maximum atomic E-state index is 13.2. The molecule has 4 aromatic heterocycles. The predicted molar refractivity (Wildman–Crippen MR) is 225 cm³/mol. The second-order valence-electron chi connectivity index (χ2n) is 14.1. The number of ketones is 1. The number of benzene rings is 2. The van der Waals surface area contributed by atoms with Crippen molar-refractivity contribution >= 4 is 34.8 Å². The highest BCUT2D eigenvalue weighted by molar-refractivity contribution is 6.11. The van der Waals surface area contributed by atoms with Crippen molar-refractivity contribution in [2.45, 2.75) is 37.9 Å². The predicted octanol–water partition coefficient (Wildman–Crippen LogP) is 4.55. The Morgan fingerprint density at radius 1 is 0.651 bits per heavy atom. The summed E-state index contributed by atoms with van der Waals surface area (Å²) in [6.45, 7) is 2.67. The molecule has 21 heteroatoms. The molecule has 19 nitrogen and oxygen atoms in total. The van der Waals surface area contributed by atoms with Crippen LogP contribution in [0.25, 0.3) is 0 Å². The van der Waals surface area contributed by atoms with Crippen LogP contribution in [0.4, 0.5) is 32.1 Å². The molecule has 63 heavy (non-hydrogen) atoms. The van der Waals surface area contributed by atoms with Gasteiger partial charge in [0.1, 0.15) is 59.4 Å². The molecule has 8 rings (SSSR count). The van der Waals surface area contributed by atoms with Gasteiger partial charge >= 0.3 is 12.0 Å². The molecular formula is C42H43F2N13O6. The number of halogens is 2. The minimum atomic E-state index is -0.675. The number of piperidine rings is 2. The first-order valence-corrected chi connectivity index (χ1v) is 19.7. The number of nitrogen functional groups attached to an aromatic ring is 2. The maximum absolute atomic E-state index is 13.2. The van der Waals surface area contributed by atoms with E-state index in [-0.39, 0.29) is 41.6 Å². The number of hydrogen-bond acceptors (Lipinski definition) is 19. The third kappa shape index (κ3) is 10.9. The van der Waals surface area contributed by atoms with Crippen molar-refractivity contribution in [2.75, 3.05) is 61.7 Å². The SMILES string of the molecule is COc1ccc(/C(=N\O)c2cc(N3CCC(Oc4ncc(F)c(N)n4)CC3)ncn2)cc1.COc1ccc(C(=O)c2cc(N3CCC(Oc4ncc(F)c(N)n4)CC3)ncn2)cc1. The van der Waals surface area contributed by atoms with E-state index in [1.54, 1.807) is 74.9 Å². The van der Waals surface area contributed by atoms with E-state index in [2.05, 4.69) is 54.8 Å². The molecule has 6 heterocycles. The third-order valence-electron chi connectivity index (χ3n) is 10.2. The van der Waals surface area contributed by atoms with E-state index in [9.17, 15) is 18.8 Å². The molecule has 2 fully saturated rings. The summed E-state index contributed by atoms with van der Waals surface area (Å²) in [4.78, 5) is 49.3. The molecule has 0 spiro atoms. The molecule has 0 aliphatic carbocycles. The van der Waals surface area contributed by atoms with Crippen LogP contribution in [0.15, 0.2) is 90.9 Å². The molecule has 0 saturated carbocycles. The van der Waals surface area contributed by atoms with E-state index in [0.29, 0.717) is 103 Å². The Kier molecular flexibility index (Phi) is 13.8. The Morgan fingerprint density at radius 2 is 1.08 bits per heavy atom. The van der Waals surface area contributed by atoms with Crippen molar-refractivity contribution in [3.05, 3.63) is 120 Å². The van der Waals surface area contributed by atoms with Crippen LogP contribution < -0.4 is 40.2 Å². The van der Waals surface area contributed by atoms with Gasteiger partial charge in [0.05, 0.1) is 32.3 Å². The molecule has 0 atom stereocenters. The van der Waals surface area contributed by atoms with Crippen molar-refractivity contribution in [1.29, 1.82) is 0 Å². The molecule has 6 aromatic rings. The smallest absolute Gasteiger partial charge is 0.318 e. The van der Waals surface area contributed by atoms with Crippen LogP contribution in [0.1, 0.15) is 53.0 Å². The highest BCUT2D eigenvalue weighted by Gasteiger charge is 2.25. The number of carbonyl (C=O) groups excluding carboxylic acids is 1. The van der Waals surface area contributed by atoms with Gasteiger partial charge in [-0.3, -0.25) is 4.79 Å². The van der Waals surface area contributed by atoms with Gasteiger partial charge in [0.2, 0.25) is 5.78 Å². The zero-order chi connectivity index (χ0) is 44.3. The van der Waals surface area contributed by atoms with Gasteiger partial charge in [0.25, 0.3) is 0 Å². The molecule has 2 aliphatic rings. The molecule has 5 N–H and O–H groups in total. The van der Waals surface area contributed by atoms with E-state index in [0.717, 1.165) is 12.4 Å². The first-order valence-electron chi connectivity index (χ1n) is 19.7. The fourth-order valence-corrected chi connectivity index (χ4v) is 6.73. The Bertz CT molecular complexity index is 2520. The number of oxime groups is 1. The summed E-state index contributed by atoms with van der Waals surface area (Å²) in [5.74, 6) is 0.759. The van der Waals surface area contributed by atoms with Crippen molar-refractivity contribution in [3.63, 3.8) is 0 Å². The molecule has 0 radical (unpaired) electrons. The van der Waals surface area contributed by atoms with Crippen LogP contribution in [0.2, 0.25) is 0 Å². The van der Waals surface area contributed by atoms with Gasteiger partial charge in [-0.2, -0.15) is 9.97 Å². The first-order chi connectivity index (χ1) is 30.6. The largest absolute Gasteiger partial charge is 0.497 e. The zero-order valence-electron chi connectivity index (χ0n) is 34.2. The standard InChI is InChI=1S/C21H22FN7O3.C21H21FN6O3/c1-31-14-4-2-13(3-5-14)19(28-30)17-10-18(26-12-25-17)29-8-6-15(7-9-29)32-21-24-11-16(22)20(23)27-21;1-30-14-4-2-13(3-5-14)19(29)17-10-18(26-12-25-17)28-8-6-15(7-9-28)31-21-24-11-16(22)20(23)27-21/h2-5,10-12,15,30H,6-9H2,1H3,(H2,23,24,27);2-5,10-12,15H,6-9H2,1H3,(H2,23,24,27)/b28-19+;. The molecule has 0 unspecified atom stereocenters. The summed E-state index contributed by atoms with van der Waals surface area (Å²) in [6.07, 6.45) is 7.35. The summed E-state index contributed by atoms with van der Waals surface area (Å²) in [7, 11) is 3.16. The highest BCUT2D eigenvalue weighted by Crippen LogP contribution is 2.25. The van der Waals surface area contributed by atoms with Gasteiger partial charge in [0.15, 0.2) is 23.3 Å².